The number of nitrogens with zero attached hydrogens (tertiary/aromatic N) is 2. The van der Waals surface area contributed by atoms with E-state index in [1.165, 1.54) is 6.08 Å². The van der Waals surface area contributed by atoms with Crippen LogP contribution >= 0.6 is 0 Å². The smallest absolute Gasteiger partial charge is 0.248 e. The first kappa shape index (κ1) is 14.3. The molecule has 0 saturated heterocycles. The van der Waals surface area contributed by atoms with E-state index in [2.05, 4.69) is 5.32 Å². The van der Waals surface area contributed by atoms with E-state index in [1.54, 1.807) is 18.0 Å². The Bertz CT molecular complexity index is 564. The molecule has 0 saturated carbocycles. The molecule has 20 heavy (non-hydrogen) atoms. The summed E-state index contributed by atoms with van der Waals surface area (Å²) < 4.78 is 0. The molecule has 1 aromatic rings. The van der Waals surface area contributed by atoms with E-state index in [-0.39, 0.29) is 11.8 Å². The largest absolute Gasteiger partial charge is 0.322 e. The predicted molar refractivity (Wildman–Crippen MR) is 79.9 cm³/mol. The Morgan fingerprint density at radius 2 is 2.20 bits per heavy atom. The minimum absolute atomic E-state index is 0.0781. The van der Waals surface area contributed by atoms with Gasteiger partial charge in [0.2, 0.25) is 11.8 Å². The van der Waals surface area contributed by atoms with Crippen LogP contribution in [0.1, 0.15) is 5.56 Å². The maximum Gasteiger partial charge on any atom is 0.248 e. The molecule has 5 nitrogen and oxygen atoms in total. The van der Waals surface area contributed by atoms with Crippen molar-refractivity contribution >= 4 is 23.2 Å². The molecule has 0 fully saturated rings. The van der Waals surface area contributed by atoms with Gasteiger partial charge in [0.15, 0.2) is 0 Å². The van der Waals surface area contributed by atoms with Crippen molar-refractivity contribution in [2.24, 2.45) is 0 Å². The molecule has 1 aromatic carbocycles. The number of carbonyl (C=O) groups excluding carboxylic acids is 2. The van der Waals surface area contributed by atoms with Gasteiger partial charge in [-0.2, -0.15) is 0 Å². The van der Waals surface area contributed by atoms with E-state index in [1.807, 2.05) is 37.2 Å². The molecule has 2 amide bonds. The predicted octanol–water partition coefficient (Wildman–Crippen LogP) is 1.26. The molecule has 0 atom stereocenters. The van der Waals surface area contributed by atoms with E-state index in [9.17, 15) is 9.59 Å². The van der Waals surface area contributed by atoms with Gasteiger partial charge in [-0.1, -0.05) is 12.1 Å². The zero-order chi connectivity index (χ0) is 14.7. The number of carbonyl (C=O) groups is 2. The Labute approximate surface area is 118 Å². The molecule has 1 heterocycles. The summed E-state index contributed by atoms with van der Waals surface area (Å²) in [5, 5.41) is 2.80. The van der Waals surface area contributed by atoms with Gasteiger partial charge in [-0.25, -0.2) is 0 Å². The molecule has 0 radical (unpaired) electrons. The second kappa shape index (κ2) is 5.88. The van der Waals surface area contributed by atoms with Gasteiger partial charge in [0.25, 0.3) is 0 Å². The van der Waals surface area contributed by atoms with Crippen molar-refractivity contribution in [2.75, 3.05) is 37.9 Å². The fourth-order valence-electron chi connectivity index (χ4n) is 2.07. The van der Waals surface area contributed by atoms with Crippen molar-refractivity contribution in [2.45, 2.75) is 6.42 Å². The number of hydrogen-bond donors (Lipinski definition) is 1. The first-order chi connectivity index (χ1) is 9.47. The number of fused-ring (bicyclic) bond motifs is 1. The molecule has 1 N–H and O–H groups in total. The summed E-state index contributed by atoms with van der Waals surface area (Å²) >= 11 is 0. The zero-order valence-electron chi connectivity index (χ0n) is 12.0. The van der Waals surface area contributed by atoms with Crippen LogP contribution in [0.3, 0.4) is 0 Å². The Kier molecular flexibility index (Phi) is 4.20. The van der Waals surface area contributed by atoms with Crippen LogP contribution in [-0.4, -0.2) is 44.4 Å². The van der Waals surface area contributed by atoms with E-state index >= 15 is 0 Å². The van der Waals surface area contributed by atoms with E-state index < -0.39 is 0 Å². The number of hydrogen-bond acceptors (Lipinski definition) is 3. The van der Waals surface area contributed by atoms with Gasteiger partial charge in [0, 0.05) is 31.0 Å². The highest BCUT2D eigenvalue weighted by molar-refractivity contribution is 6.03. The number of anilines is 2. The Morgan fingerprint density at radius 1 is 1.45 bits per heavy atom. The van der Waals surface area contributed by atoms with Gasteiger partial charge in [0.05, 0.1) is 6.42 Å². The van der Waals surface area contributed by atoms with Crippen molar-refractivity contribution in [3.8, 4) is 0 Å². The second-order valence-corrected chi connectivity index (χ2v) is 5.13. The molecule has 5 heteroatoms. The van der Waals surface area contributed by atoms with Gasteiger partial charge in [-0.15, -0.1) is 0 Å². The summed E-state index contributed by atoms with van der Waals surface area (Å²) in [4.78, 5) is 26.9. The van der Waals surface area contributed by atoms with E-state index in [0.717, 1.165) is 17.8 Å². The Balaban J connectivity index is 2.03. The van der Waals surface area contributed by atoms with Crippen molar-refractivity contribution in [1.29, 1.82) is 0 Å². The third-order valence-corrected chi connectivity index (χ3v) is 3.17. The topological polar surface area (TPSA) is 52.7 Å². The zero-order valence-corrected chi connectivity index (χ0v) is 12.0. The lowest BCUT2D eigenvalue weighted by molar-refractivity contribution is -0.117. The molecular formula is C15H19N3O2. The van der Waals surface area contributed by atoms with Crippen molar-refractivity contribution in [3.05, 3.63) is 35.9 Å². The first-order valence-corrected chi connectivity index (χ1v) is 6.49. The molecule has 1 aliphatic heterocycles. The molecular weight excluding hydrogens is 254 g/mol. The Hall–Kier alpha value is -2.14. The van der Waals surface area contributed by atoms with Crippen LogP contribution in [0.2, 0.25) is 0 Å². The maximum absolute atomic E-state index is 11.7. The van der Waals surface area contributed by atoms with Gasteiger partial charge < -0.3 is 15.1 Å². The summed E-state index contributed by atoms with van der Waals surface area (Å²) in [6.45, 7) is 0.717. The fourth-order valence-corrected chi connectivity index (χ4v) is 2.07. The first-order valence-electron chi connectivity index (χ1n) is 6.49. The van der Waals surface area contributed by atoms with Crippen LogP contribution in [0, 0.1) is 0 Å². The minimum atomic E-state index is -0.168. The van der Waals surface area contributed by atoms with Gasteiger partial charge in [-0.3, -0.25) is 9.59 Å². The number of nitrogens with one attached hydrogen (secondary N) is 1. The molecule has 0 aliphatic carbocycles. The van der Waals surface area contributed by atoms with Crippen LogP contribution in [-0.2, 0) is 16.0 Å². The third-order valence-electron chi connectivity index (χ3n) is 3.17. The number of amides is 2. The Morgan fingerprint density at radius 3 is 2.90 bits per heavy atom. The standard InChI is InChI=1S/C15H19N3O2/c1-17(2)8-4-5-14(19)16-12-7-6-11-9-15(20)18(3)13(11)10-12/h4-7,10H,8-9H2,1-3H3,(H,16,19)/b5-4+. The lowest BCUT2D eigenvalue weighted by Gasteiger charge is -2.11. The summed E-state index contributed by atoms with van der Waals surface area (Å²) in [6, 6.07) is 5.54. The molecule has 0 unspecified atom stereocenters. The quantitative estimate of drug-likeness (QED) is 0.840. The highest BCUT2D eigenvalue weighted by Gasteiger charge is 2.23. The summed E-state index contributed by atoms with van der Waals surface area (Å²) in [6.07, 6.45) is 3.75. The average molecular weight is 273 g/mol. The molecule has 2 rings (SSSR count). The summed E-state index contributed by atoms with van der Waals surface area (Å²) in [7, 11) is 5.63. The molecule has 0 spiro atoms. The lowest BCUT2D eigenvalue weighted by Crippen LogP contribution is -2.20. The second-order valence-electron chi connectivity index (χ2n) is 5.13. The van der Waals surface area contributed by atoms with Crippen molar-refractivity contribution in [1.82, 2.24) is 4.90 Å². The number of benzene rings is 1. The fraction of sp³-hybridized carbons (Fsp3) is 0.333. The van der Waals surface area contributed by atoms with E-state index in [4.69, 9.17) is 0 Å². The molecule has 0 bridgehead atoms. The normalized spacial score (nSPS) is 14.2. The van der Waals surface area contributed by atoms with Gasteiger partial charge in [-0.05, 0) is 31.8 Å². The van der Waals surface area contributed by atoms with Crippen molar-refractivity contribution < 1.29 is 9.59 Å². The lowest BCUT2D eigenvalue weighted by atomic mass is 10.1. The average Bonchev–Trinajstić information content (AvgIpc) is 2.65. The molecule has 1 aliphatic rings. The van der Waals surface area contributed by atoms with Gasteiger partial charge >= 0.3 is 0 Å². The highest BCUT2D eigenvalue weighted by atomic mass is 16.2. The summed E-state index contributed by atoms with van der Waals surface area (Å²) in [5.41, 5.74) is 2.56. The number of rotatable bonds is 4. The van der Waals surface area contributed by atoms with Crippen LogP contribution in [0.4, 0.5) is 11.4 Å². The monoisotopic (exact) mass is 273 g/mol. The van der Waals surface area contributed by atoms with E-state index in [0.29, 0.717) is 12.1 Å². The van der Waals surface area contributed by atoms with Crippen molar-refractivity contribution in [3.63, 3.8) is 0 Å². The molecule has 0 aromatic heterocycles. The minimum Gasteiger partial charge on any atom is -0.322 e. The molecule has 106 valence electrons. The third kappa shape index (κ3) is 3.24. The van der Waals surface area contributed by atoms with Crippen LogP contribution in [0.25, 0.3) is 0 Å². The van der Waals surface area contributed by atoms with Crippen LogP contribution < -0.4 is 10.2 Å². The van der Waals surface area contributed by atoms with Crippen LogP contribution in [0.15, 0.2) is 30.4 Å². The van der Waals surface area contributed by atoms with Gasteiger partial charge in [0.1, 0.15) is 0 Å². The summed E-state index contributed by atoms with van der Waals surface area (Å²) in [5.74, 6) is -0.0897. The SMILES string of the molecule is CN(C)C/C=C/C(=O)Nc1ccc2c(c1)N(C)C(=O)C2. The van der Waals surface area contributed by atoms with Crippen LogP contribution in [0.5, 0.6) is 0 Å². The number of likely N-dealkylation sites (N-methyl/N-ethyl adjacent to an activating group) is 2. The maximum atomic E-state index is 11.7. The highest BCUT2D eigenvalue weighted by Crippen LogP contribution is 2.30.